The fourth-order valence-corrected chi connectivity index (χ4v) is 4.67. The molecule has 0 aromatic heterocycles. The molecule has 3 rings (SSSR count). The number of rotatable bonds is 4. The molecule has 0 amide bonds. The summed E-state index contributed by atoms with van der Waals surface area (Å²) in [7, 11) is 0. The second-order valence-corrected chi connectivity index (χ2v) is 8.58. The maximum Gasteiger partial charge on any atom is 0.0577 e. The van der Waals surface area contributed by atoms with E-state index in [0.717, 1.165) is 28.9 Å². The zero-order valence-electron chi connectivity index (χ0n) is 16.3. The predicted molar refractivity (Wildman–Crippen MR) is 108 cm³/mol. The van der Waals surface area contributed by atoms with Crippen LogP contribution in [0, 0.1) is 12.8 Å². The number of anilines is 2. The molecule has 4 N–H and O–H groups in total. The van der Waals surface area contributed by atoms with Gasteiger partial charge in [0.05, 0.1) is 11.4 Å². The molecule has 0 spiro atoms. The minimum absolute atomic E-state index is 0.638. The highest BCUT2D eigenvalue weighted by Gasteiger charge is 2.29. The molecule has 2 saturated heterocycles. The molecular formula is C21H36N4. The first-order chi connectivity index (χ1) is 11.9. The topological polar surface area (TPSA) is 58.5 Å². The Morgan fingerprint density at radius 1 is 1.00 bits per heavy atom. The highest BCUT2D eigenvalue weighted by molar-refractivity contribution is 5.68. The number of piperidine rings is 2. The maximum atomic E-state index is 6.08. The van der Waals surface area contributed by atoms with E-state index in [0.29, 0.717) is 5.92 Å². The van der Waals surface area contributed by atoms with E-state index < -0.39 is 0 Å². The molecule has 0 radical (unpaired) electrons. The van der Waals surface area contributed by atoms with Gasteiger partial charge in [-0.25, -0.2) is 0 Å². The lowest BCUT2D eigenvalue weighted by atomic mass is 9.86. The van der Waals surface area contributed by atoms with Gasteiger partial charge in [0.2, 0.25) is 0 Å². The lowest BCUT2D eigenvalue weighted by molar-refractivity contribution is 0.0828. The SMILES string of the molecule is Cc1cc(C2CCN(C3CCN(CC(C)C)CC3)CC2)cc(N)c1N. The Hall–Kier alpha value is -1.26. The van der Waals surface area contributed by atoms with Crippen LogP contribution in [0.25, 0.3) is 0 Å². The van der Waals surface area contributed by atoms with Gasteiger partial charge in [-0.2, -0.15) is 0 Å². The summed E-state index contributed by atoms with van der Waals surface area (Å²) < 4.78 is 0. The molecule has 0 aliphatic carbocycles. The fourth-order valence-electron chi connectivity index (χ4n) is 4.67. The van der Waals surface area contributed by atoms with E-state index in [4.69, 9.17) is 11.5 Å². The summed E-state index contributed by atoms with van der Waals surface area (Å²) in [5, 5.41) is 0. The maximum absolute atomic E-state index is 6.08. The number of nitrogen functional groups attached to an aromatic ring is 2. The zero-order valence-corrected chi connectivity index (χ0v) is 16.3. The van der Waals surface area contributed by atoms with E-state index in [2.05, 4.69) is 42.7 Å². The van der Waals surface area contributed by atoms with Crippen LogP contribution in [0.3, 0.4) is 0 Å². The van der Waals surface area contributed by atoms with E-state index in [1.54, 1.807) is 0 Å². The minimum atomic E-state index is 0.638. The van der Waals surface area contributed by atoms with E-state index >= 15 is 0 Å². The van der Waals surface area contributed by atoms with E-state index in [9.17, 15) is 0 Å². The zero-order chi connectivity index (χ0) is 18.0. The molecule has 25 heavy (non-hydrogen) atoms. The molecule has 0 bridgehead atoms. The van der Waals surface area contributed by atoms with Crippen molar-refractivity contribution >= 4 is 11.4 Å². The summed E-state index contributed by atoms with van der Waals surface area (Å²) in [5.74, 6) is 1.42. The monoisotopic (exact) mass is 344 g/mol. The second kappa shape index (κ2) is 7.96. The number of aryl methyl sites for hydroxylation is 1. The normalized spacial score (nSPS) is 21.9. The summed E-state index contributed by atoms with van der Waals surface area (Å²) in [4.78, 5) is 5.39. The van der Waals surface area contributed by atoms with Crippen LogP contribution in [-0.4, -0.2) is 48.6 Å². The van der Waals surface area contributed by atoms with Crippen LogP contribution < -0.4 is 11.5 Å². The highest BCUT2D eigenvalue weighted by Crippen LogP contribution is 2.34. The number of likely N-dealkylation sites (tertiary alicyclic amines) is 2. The second-order valence-electron chi connectivity index (χ2n) is 8.58. The lowest BCUT2D eigenvalue weighted by Gasteiger charge is -2.42. The molecule has 0 atom stereocenters. The molecule has 2 aliphatic heterocycles. The van der Waals surface area contributed by atoms with Crippen LogP contribution in [0.1, 0.15) is 56.6 Å². The summed E-state index contributed by atoms with van der Waals surface area (Å²) in [5.41, 5.74) is 16.1. The Kier molecular flexibility index (Phi) is 5.90. The Balaban J connectivity index is 1.51. The molecular weight excluding hydrogens is 308 g/mol. The first-order valence-corrected chi connectivity index (χ1v) is 10.1. The molecule has 2 fully saturated rings. The lowest BCUT2D eigenvalue weighted by Crippen LogP contribution is -2.48. The average Bonchev–Trinajstić information content (AvgIpc) is 2.59. The average molecular weight is 345 g/mol. The quantitative estimate of drug-likeness (QED) is 0.821. The molecule has 0 unspecified atom stereocenters. The van der Waals surface area contributed by atoms with Gasteiger partial charge < -0.3 is 21.3 Å². The number of nitrogens with two attached hydrogens (primary N) is 2. The molecule has 140 valence electrons. The largest absolute Gasteiger partial charge is 0.397 e. The standard InChI is InChI=1S/C21H36N4/c1-15(2)14-24-8-6-19(7-9-24)25-10-4-17(5-11-25)18-12-16(3)21(23)20(22)13-18/h12-13,15,17,19H,4-11,14,22-23H2,1-3H3. The van der Waals surface area contributed by atoms with Crippen molar-refractivity contribution in [1.29, 1.82) is 0 Å². The molecule has 4 heteroatoms. The predicted octanol–water partition coefficient (Wildman–Crippen LogP) is 3.46. The Morgan fingerprint density at radius 2 is 1.64 bits per heavy atom. The van der Waals surface area contributed by atoms with E-state index in [1.807, 2.05) is 0 Å². The molecule has 2 heterocycles. The van der Waals surface area contributed by atoms with Crippen LogP contribution in [0.15, 0.2) is 12.1 Å². The third-order valence-electron chi connectivity index (χ3n) is 6.14. The van der Waals surface area contributed by atoms with Crippen molar-refractivity contribution in [1.82, 2.24) is 9.80 Å². The van der Waals surface area contributed by atoms with Crippen LogP contribution in [0.4, 0.5) is 11.4 Å². The van der Waals surface area contributed by atoms with E-state index in [1.165, 1.54) is 64.0 Å². The minimum Gasteiger partial charge on any atom is -0.397 e. The van der Waals surface area contributed by atoms with Crippen LogP contribution >= 0.6 is 0 Å². The number of hydrogen-bond donors (Lipinski definition) is 2. The molecule has 0 saturated carbocycles. The van der Waals surface area contributed by atoms with Gasteiger partial charge in [-0.3, -0.25) is 0 Å². The first-order valence-electron chi connectivity index (χ1n) is 10.1. The Bertz CT molecular complexity index is 544. The van der Waals surface area contributed by atoms with E-state index in [-0.39, 0.29) is 0 Å². The van der Waals surface area contributed by atoms with Gasteiger partial charge in [0.15, 0.2) is 0 Å². The van der Waals surface area contributed by atoms with Crippen molar-refractivity contribution in [3.63, 3.8) is 0 Å². The van der Waals surface area contributed by atoms with Gasteiger partial charge in [0.25, 0.3) is 0 Å². The molecule has 1 aromatic carbocycles. The van der Waals surface area contributed by atoms with Gasteiger partial charge in [-0.15, -0.1) is 0 Å². The first kappa shape index (κ1) is 18.5. The van der Waals surface area contributed by atoms with Gasteiger partial charge in [-0.05, 0) is 87.8 Å². The van der Waals surface area contributed by atoms with Gasteiger partial charge in [-0.1, -0.05) is 19.9 Å². The van der Waals surface area contributed by atoms with Crippen molar-refractivity contribution in [2.45, 2.75) is 58.4 Å². The van der Waals surface area contributed by atoms with Crippen molar-refractivity contribution < 1.29 is 0 Å². The highest BCUT2D eigenvalue weighted by atomic mass is 15.2. The van der Waals surface area contributed by atoms with Gasteiger partial charge >= 0.3 is 0 Å². The smallest absolute Gasteiger partial charge is 0.0577 e. The molecule has 1 aromatic rings. The number of hydrogen-bond acceptors (Lipinski definition) is 4. The van der Waals surface area contributed by atoms with Crippen LogP contribution in [-0.2, 0) is 0 Å². The third-order valence-corrected chi connectivity index (χ3v) is 6.14. The molecule has 2 aliphatic rings. The summed E-state index contributed by atoms with van der Waals surface area (Å²) in [6.45, 7) is 13.0. The van der Waals surface area contributed by atoms with Gasteiger partial charge in [0, 0.05) is 12.6 Å². The Morgan fingerprint density at radius 3 is 2.20 bits per heavy atom. The van der Waals surface area contributed by atoms with Crippen molar-refractivity contribution in [2.24, 2.45) is 5.92 Å². The van der Waals surface area contributed by atoms with Gasteiger partial charge in [0.1, 0.15) is 0 Å². The van der Waals surface area contributed by atoms with Crippen LogP contribution in [0.2, 0.25) is 0 Å². The molecule has 4 nitrogen and oxygen atoms in total. The van der Waals surface area contributed by atoms with Crippen molar-refractivity contribution in [3.8, 4) is 0 Å². The fraction of sp³-hybridized carbons (Fsp3) is 0.714. The Labute approximate surface area is 153 Å². The van der Waals surface area contributed by atoms with Crippen molar-refractivity contribution in [2.75, 3.05) is 44.2 Å². The number of benzene rings is 1. The van der Waals surface area contributed by atoms with Crippen LogP contribution in [0.5, 0.6) is 0 Å². The summed E-state index contributed by atoms with van der Waals surface area (Å²) in [6.07, 6.45) is 5.17. The third kappa shape index (κ3) is 4.48. The number of nitrogens with zero attached hydrogens (tertiary/aromatic N) is 2. The summed E-state index contributed by atoms with van der Waals surface area (Å²) in [6, 6.07) is 5.14. The summed E-state index contributed by atoms with van der Waals surface area (Å²) >= 11 is 0. The van der Waals surface area contributed by atoms with Crippen molar-refractivity contribution in [3.05, 3.63) is 23.3 Å².